The fourth-order valence-electron chi connectivity index (χ4n) is 2.35. The monoisotopic (exact) mass is 406 g/mol. The van der Waals surface area contributed by atoms with Gasteiger partial charge in [-0.15, -0.1) is 0 Å². The second-order valence-electron chi connectivity index (χ2n) is 5.94. The van der Waals surface area contributed by atoms with Crippen LogP contribution in [-0.2, 0) is 25.7 Å². The summed E-state index contributed by atoms with van der Waals surface area (Å²) in [7, 11) is 0. The van der Waals surface area contributed by atoms with E-state index in [0.717, 1.165) is 19.1 Å². The van der Waals surface area contributed by atoms with Gasteiger partial charge in [-0.3, -0.25) is 19.2 Å². The van der Waals surface area contributed by atoms with Gasteiger partial charge in [0.1, 0.15) is 24.0 Å². The van der Waals surface area contributed by atoms with E-state index >= 15 is 0 Å². The molecule has 0 bridgehead atoms. The van der Waals surface area contributed by atoms with Gasteiger partial charge in [0.05, 0.1) is 5.56 Å². The van der Waals surface area contributed by atoms with Gasteiger partial charge in [-0.25, -0.2) is 8.78 Å². The minimum atomic E-state index is -1.83. The maximum absolute atomic E-state index is 13.6. The molecule has 2 rings (SSSR count). The third-order valence-corrected chi connectivity index (χ3v) is 3.84. The van der Waals surface area contributed by atoms with E-state index in [0.29, 0.717) is 0 Å². The Labute approximate surface area is 163 Å². The number of aliphatic carboxylic acids is 1. The zero-order chi connectivity index (χ0) is 21.6. The number of ether oxygens (including phenoxy) is 2. The predicted octanol–water partition coefficient (Wildman–Crippen LogP) is 2.91. The van der Waals surface area contributed by atoms with Crippen molar-refractivity contribution in [1.29, 1.82) is 0 Å². The lowest BCUT2D eigenvalue weighted by Gasteiger charge is -2.11. The molecule has 0 radical (unpaired) electrons. The number of rotatable bonds is 8. The maximum atomic E-state index is 13.6. The largest absolute Gasteiger partial charge is 0.489 e. The van der Waals surface area contributed by atoms with Gasteiger partial charge in [0.25, 0.3) is 0 Å². The number of halogens is 2. The number of Topliss-reactive ketones (excluding diaryl/α,β-unsaturated/α-hetero) is 1. The first kappa shape index (κ1) is 21.7. The van der Waals surface area contributed by atoms with Gasteiger partial charge in [-0.1, -0.05) is 6.07 Å². The van der Waals surface area contributed by atoms with Crippen LogP contribution in [0.4, 0.5) is 8.78 Å². The second-order valence-corrected chi connectivity index (χ2v) is 5.94. The molecule has 29 heavy (non-hydrogen) atoms. The highest BCUT2D eigenvalue weighted by molar-refractivity contribution is 6.05. The van der Waals surface area contributed by atoms with Gasteiger partial charge in [-0.05, 0) is 36.4 Å². The van der Waals surface area contributed by atoms with E-state index in [4.69, 9.17) is 9.84 Å². The molecule has 0 aromatic heterocycles. The van der Waals surface area contributed by atoms with Crippen LogP contribution < -0.4 is 4.74 Å². The van der Waals surface area contributed by atoms with E-state index < -0.39 is 47.7 Å². The topological polar surface area (TPSA) is 107 Å². The SMILES string of the molecule is CC(=O)OC(=O)C(CC(=O)c1ccc(OCc2c(F)cccc2F)cc1)C(=O)O. The van der Waals surface area contributed by atoms with E-state index in [1.54, 1.807) is 0 Å². The Balaban J connectivity index is 2.03. The zero-order valence-electron chi connectivity index (χ0n) is 15.2. The average Bonchev–Trinajstić information content (AvgIpc) is 2.65. The molecule has 0 saturated carbocycles. The molecule has 1 atom stereocenters. The van der Waals surface area contributed by atoms with E-state index in [9.17, 15) is 28.0 Å². The number of ketones is 1. The van der Waals surface area contributed by atoms with E-state index in [-0.39, 0.29) is 23.5 Å². The molecule has 2 aromatic carbocycles. The van der Waals surface area contributed by atoms with Crippen molar-refractivity contribution in [3.63, 3.8) is 0 Å². The lowest BCUT2D eigenvalue weighted by atomic mass is 9.98. The van der Waals surface area contributed by atoms with Crippen molar-refractivity contribution in [3.8, 4) is 5.75 Å². The van der Waals surface area contributed by atoms with Gasteiger partial charge >= 0.3 is 17.9 Å². The molecule has 0 heterocycles. The second kappa shape index (κ2) is 9.54. The Morgan fingerprint density at radius 3 is 2.10 bits per heavy atom. The van der Waals surface area contributed by atoms with E-state index in [1.807, 2.05) is 0 Å². The van der Waals surface area contributed by atoms with Crippen LogP contribution >= 0.6 is 0 Å². The van der Waals surface area contributed by atoms with Crippen molar-refractivity contribution in [3.05, 3.63) is 65.2 Å². The fourth-order valence-corrected chi connectivity index (χ4v) is 2.35. The number of hydrogen-bond acceptors (Lipinski definition) is 6. The molecular formula is C20H16F2O7. The molecular weight excluding hydrogens is 390 g/mol. The summed E-state index contributed by atoms with van der Waals surface area (Å²) in [6.07, 6.45) is -0.706. The number of hydrogen-bond donors (Lipinski definition) is 1. The summed E-state index contributed by atoms with van der Waals surface area (Å²) in [5, 5.41) is 9.07. The van der Waals surface area contributed by atoms with Crippen molar-refractivity contribution >= 4 is 23.7 Å². The smallest absolute Gasteiger partial charge is 0.328 e. The Morgan fingerprint density at radius 1 is 1.00 bits per heavy atom. The molecule has 0 amide bonds. The van der Waals surface area contributed by atoms with Gasteiger partial charge in [0.15, 0.2) is 11.7 Å². The number of carbonyl (C=O) groups is 4. The molecule has 0 aliphatic carbocycles. The minimum Gasteiger partial charge on any atom is -0.489 e. The van der Waals surface area contributed by atoms with Gasteiger partial charge in [-0.2, -0.15) is 0 Å². The van der Waals surface area contributed by atoms with Crippen molar-refractivity contribution < 1.29 is 42.5 Å². The molecule has 0 fully saturated rings. The highest BCUT2D eigenvalue weighted by Crippen LogP contribution is 2.19. The first-order valence-corrected chi connectivity index (χ1v) is 8.33. The summed E-state index contributed by atoms with van der Waals surface area (Å²) in [4.78, 5) is 45.8. The highest BCUT2D eigenvalue weighted by atomic mass is 19.1. The molecule has 152 valence electrons. The van der Waals surface area contributed by atoms with Crippen molar-refractivity contribution in [1.82, 2.24) is 0 Å². The van der Waals surface area contributed by atoms with Crippen LogP contribution in [0.5, 0.6) is 5.75 Å². The quantitative estimate of drug-likeness (QED) is 0.408. The Hall–Kier alpha value is -3.62. The van der Waals surface area contributed by atoms with Crippen molar-refractivity contribution in [2.75, 3.05) is 0 Å². The molecule has 7 nitrogen and oxygen atoms in total. The number of carbonyl (C=O) groups excluding carboxylic acids is 3. The zero-order valence-corrected chi connectivity index (χ0v) is 15.2. The van der Waals surface area contributed by atoms with Crippen LogP contribution in [0.2, 0.25) is 0 Å². The number of carboxylic acid groups (broad SMARTS) is 1. The first-order chi connectivity index (χ1) is 13.7. The van der Waals surface area contributed by atoms with E-state index in [2.05, 4.69) is 4.74 Å². The summed E-state index contributed by atoms with van der Waals surface area (Å²) in [6, 6.07) is 8.75. The highest BCUT2D eigenvalue weighted by Gasteiger charge is 2.31. The lowest BCUT2D eigenvalue weighted by molar-refractivity contribution is -0.165. The fraction of sp³-hybridized carbons (Fsp3) is 0.200. The summed E-state index contributed by atoms with van der Waals surface area (Å²) >= 11 is 0. The molecule has 0 saturated heterocycles. The van der Waals surface area contributed by atoms with Crippen LogP contribution in [0, 0.1) is 17.6 Å². The number of benzene rings is 2. The van der Waals surface area contributed by atoms with Gasteiger partial charge < -0.3 is 14.6 Å². The Bertz CT molecular complexity index is 918. The third-order valence-electron chi connectivity index (χ3n) is 3.84. The average molecular weight is 406 g/mol. The molecule has 9 heteroatoms. The van der Waals surface area contributed by atoms with Gasteiger partial charge in [0.2, 0.25) is 0 Å². The molecule has 0 spiro atoms. The van der Waals surface area contributed by atoms with Gasteiger partial charge in [0, 0.05) is 18.9 Å². The normalized spacial score (nSPS) is 11.4. The van der Waals surface area contributed by atoms with Crippen LogP contribution in [0.15, 0.2) is 42.5 Å². The molecule has 0 aliphatic rings. The van der Waals surface area contributed by atoms with Crippen molar-refractivity contribution in [2.45, 2.75) is 20.0 Å². The Kier molecular flexibility index (Phi) is 7.13. The van der Waals surface area contributed by atoms with Crippen LogP contribution in [-0.4, -0.2) is 28.8 Å². The maximum Gasteiger partial charge on any atom is 0.328 e. The predicted molar refractivity (Wildman–Crippen MR) is 94.0 cm³/mol. The van der Waals surface area contributed by atoms with E-state index in [1.165, 1.54) is 30.3 Å². The summed E-state index contributed by atoms with van der Waals surface area (Å²) < 4.78 is 36.7. The van der Waals surface area contributed by atoms with Crippen LogP contribution in [0.3, 0.4) is 0 Å². The first-order valence-electron chi connectivity index (χ1n) is 8.33. The standard InChI is InChI=1S/C20H16F2O7/c1-11(23)29-20(27)14(19(25)26)9-18(24)12-5-7-13(8-6-12)28-10-15-16(21)3-2-4-17(15)22/h2-8,14H,9-10H2,1H3,(H,25,26). The molecule has 2 aromatic rings. The molecule has 0 aliphatic heterocycles. The minimum absolute atomic E-state index is 0.0799. The number of esters is 2. The Morgan fingerprint density at radius 2 is 1.59 bits per heavy atom. The van der Waals surface area contributed by atoms with Crippen LogP contribution in [0.1, 0.15) is 29.3 Å². The summed E-state index contributed by atoms with van der Waals surface area (Å²) in [5.41, 5.74) is -0.169. The molecule has 1 unspecified atom stereocenters. The van der Waals surface area contributed by atoms with Crippen molar-refractivity contribution in [2.24, 2.45) is 5.92 Å². The summed E-state index contributed by atoms with van der Waals surface area (Å²) in [5.74, 6) is -7.71. The van der Waals surface area contributed by atoms with Crippen LogP contribution in [0.25, 0.3) is 0 Å². The number of carboxylic acids is 1. The molecule has 1 N–H and O–H groups in total. The third kappa shape index (κ3) is 5.93. The summed E-state index contributed by atoms with van der Waals surface area (Å²) in [6.45, 7) is 0.564. The lowest BCUT2D eigenvalue weighted by Crippen LogP contribution is -2.29.